The fourth-order valence-corrected chi connectivity index (χ4v) is 4.33. The lowest BCUT2D eigenvalue weighted by Crippen LogP contribution is -2.31. The molecule has 4 rings (SSSR count). The van der Waals surface area contributed by atoms with Crippen LogP contribution in [-0.4, -0.2) is 32.7 Å². The molecule has 0 saturated carbocycles. The van der Waals surface area contributed by atoms with E-state index in [2.05, 4.69) is 17.1 Å². The lowest BCUT2D eigenvalue weighted by atomic mass is 9.93. The molecular weight excluding hydrogens is 381 g/mol. The Morgan fingerprint density at radius 2 is 1.97 bits per heavy atom. The Balaban J connectivity index is 1.90. The molecule has 0 aliphatic carbocycles. The van der Waals surface area contributed by atoms with E-state index in [1.807, 2.05) is 26.0 Å². The van der Waals surface area contributed by atoms with E-state index in [-0.39, 0.29) is 17.5 Å². The Kier molecular flexibility index (Phi) is 5.33. The number of aromatic nitrogens is 2. The maximum atomic E-state index is 14.9. The Labute approximate surface area is 175 Å². The third kappa shape index (κ3) is 3.26. The fraction of sp³-hybridized carbons (Fsp3) is 0.333. The van der Waals surface area contributed by atoms with Gasteiger partial charge in [0.05, 0.1) is 6.04 Å². The normalized spacial score (nSPS) is 15.7. The SMILES string of the molecule is CCCCCN1C(=O)c2[nH]nc(-c3cc(C)cc(C)c3O)c2C1c1ccccc1F. The number of aryl methyl sites for hydroxylation is 2. The monoisotopic (exact) mass is 407 g/mol. The highest BCUT2D eigenvalue weighted by Gasteiger charge is 2.43. The van der Waals surface area contributed by atoms with Crippen LogP contribution in [0, 0.1) is 19.7 Å². The number of phenols is 1. The quantitative estimate of drug-likeness (QED) is 0.547. The summed E-state index contributed by atoms with van der Waals surface area (Å²) < 4.78 is 14.9. The molecular formula is C24H26FN3O2. The van der Waals surface area contributed by atoms with Crippen molar-refractivity contribution in [2.75, 3.05) is 6.54 Å². The van der Waals surface area contributed by atoms with Crippen LogP contribution in [0.1, 0.15) is 65.0 Å². The summed E-state index contributed by atoms with van der Waals surface area (Å²) >= 11 is 0. The summed E-state index contributed by atoms with van der Waals surface area (Å²) in [6.45, 7) is 6.41. The fourth-order valence-electron chi connectivity index (χ4n) is 4.33. The number of hydrogen-bond donors (Lipinski definition) is 2. The molecule has 1 aromatic heterocycles. The van der Waals surface area contributed by atoms with Crippen molar-refractivity contribution < 1.29 is 14.3 Å². The molecule has 6 heteroatoms. The number of H-pyrrole nitrogens is 1. The standard InChI is InChI=1S/C24H26FN3O2/c1-4-5-8-11-28-22(16-9-6-7-10-18(16)25)19-20(26-27-21(19)24(28)30)17-13-14(2)12-15(3)23(17)29/h6-7,9-10,12-13,22,29H,4-5,8,11H2,1-3H3,(H,26,27). The molecule has 2 aromatic carbocycles. The van der Waals surface area contributed by atoms with Crippen molar-refractivity contribution in [3.63, 3.8) is 0 Å². The number of hydrogen-bond acceptors (Lipinski definition) is 3. The average Bonchev–Trinajstić information content (AvgIpc) is 3.25. The van der Waals surface area contributed by atoms with Crippen molar-refractivity contribution in [3.05, 3.63) is 70.2 Å². The number of amides is 1. The smallest absolute Gasteiger partial charge is 0.273 e. The number of aromatic amines is 1. The molecule has 156 valence electrons. The van der Waals surface area contributed by atoms with Gasteiger partial charge in [0.1, 0.15) is 23.0 Å². The van der Waals surface area contributed by atoms with Crippen molar-refractivity contribution in [1.29, 1.82) is 0 Å². The first kappa shape index (κ1) is 20.1. The molecule has 1 aliphatic heterocycles. The van der Waals surface area contributed by atoms with Gasteiger partial charge in [-0.05, 0) is 43.5 Å². The molecule has 2 N–H and O–H groups in total. The minimum absolute atomic E-state index is 0.124. The van der Waals surface area contributed by atoms with E-state index >= 15 is 0 Å². The molecule has 1 aliphatic rings. The molecule has 2 heterocycles. The number of carbonyl (C=O) groups is 1. The van der Waals surface area contributed by atoms with Gasteiger partial charge in [-0.25, -0.2) is 4.39 Å². The lowest BCUT2D eigenvalue weighted by Gasteiger charge is -2.26. The predicted molar refractivity (Wildman–Crippen MR) is 114 cm³/mol. The Morgan fingerprint density at radius 1 is 1.20 bits per heavy atom. The van der Waals surface area contributed by atoms with Gasteiger partial charge in [-0.3, -0.25) is 9.89 Å². The Hall–Kier alpha value is -3.15. The number of fused-ring (bicyclic) bond motifs is 1. The van der Waals surface area contributed by atoms with E-state index in [0.29, 0.717) is 34.6 Å². The zero-order valence-electron chi connectivity index (χ0n) is 17.5. The van der Waals surface area contributed by atoms with Gasteiger partial charge in [-0.15, -0.1) is 0 Å². The maximum Gasteiger partial charge on any atom is 0.273 e. The second kappa shape index (κ2) is 7.94. The molecule has 5 nitrogen and oxygen atoms in total. The average molecular weight is 407 g/mol. The molecule has 3 aromatic rings. The highest BCUT2D eigenvalue weighted by molar-refractivity contribution is 6.00. The summed E-state index contributed by atoms with van der Waals surface area (Å²) in [6, 6.07) is 9.70. The van der Waals surface area contributed by atoms with Gasteiger partial charge in [-0.1, -0.05) is 44.0 Å². The highest BCUT2D eigenvalue weighted by atomic mass is 19.1. The van der Waals surface area contributed by atoms with E-state index in [9.17, 15) is 14.3 Å². The van der Waals surface area contributed by atoms with Crippen LogP contribution < -0.4 is 0 Å². The summed E-state index contributed by atoms with van der Waals surface area (Å²) in [5.74, 6) is -0.420. The Morgan fingerprint density at radius 3 is 2.70 bits per heavy atom. The topological polar surface area (TPSA) is 69.2 Å². The third-order valence-corrected chi connectivity index (χ3v) is 5.77. The first-order valence-corrected chi connectivity index (χ1v) is 10.4. The largest absolute Gasteiger partial charge is 0.507 e. The van der Waals surface area contributed by atoms with Crippen LogP contribution in [0.5, 0.6) is 5.75 Å². The van der Waals surface area contributed by atoms with Crippen molar-refractivity contribution in [2.45, 2.75) is 46.1 Å². The molecule has 0 radical (unpaired) electrons. The number of halogens is 1. The van der Waals surface area contributed by atoms with Crippen molar-refractivity contribution >= 4 is 5.91 Å². The van der Waals surface area contributed by atoms with Crippen LogP contribution in [0.3, 0.4) is 0 Å². The molecule has 0 fully saturated rings. The van der Waals surface area contributed by atoms with Crippen LogP contribution in [-0.2, 0) is 0 Å². The first-order chi connectivity index (χ1) is 14.4. The highest BCUT2D eigenvalue weighted by Crippen LogP contribution is 2.45. The summed E-state index contributed by atoms with van der Waals surface area (Å²) in [5, 5.41) is 18.0. The number of rotatable bonds is 6. The van der Waals surface area contributed by atoms with Gasteiger partial charge in [-0.2, -0.15) is 5.10 Å². The van der Waals surface area contributed by atoms with Crippen LogP contribution in [0.25, 0.3) is 11.3 Å². The number of benzene rings is 2. The van der Waals surface area contributed by atoms with Crippen LogP contribution in [0.4, 0.5) is 4.39 Å². The van der Waals surface area contributed by atoms with E-state index in [4.69, 9.17) is 0 Å². The third-order valence-electron chi connectivity index (χ3n) is 5.77. The maximum absolute atomic E-state index is 14.9. The van der Waals surface area contributed by atoms with Gasteiger partial charge in [0.15, 0.2) is 0 Å². The van der Waals surface area contributed by atoms with Gasteiger partial charge in [0.2, 0.25) is 0 Å². The van der Waals surface area contributed by atoms with Crippen molar-refractivity contribution in [2.24, 2.45) is 0 Å². The van der Waals surface area contributed by atoms with E-state index in [0.717, 1.165) is 30.4 Å². The summed E-state index contributed by atoms with van der Waals surface area (Å²) in [4.78, 5) is 14.9. The number of phenolic OH excluding ortho intramolecular Hbond substituents is 1. The Bertz CT molecular complexity index is 1110. The van der Waals surface area contributed by atoms with Crippen LogP contribution in [0.15, 0.2) is 36.4 Å². The minimum atomic E-state index is -0.584. The van der Waals surface area contributed by atoms with Crippen LogP contribution >= 0.6 is 0 Å². The van der Waals surface area contributed by atoms with Gasteiger partial charge in [0.25, 0.3) is 5.91 Å². The summed E-state index contributed by atoms with van der Waals surface area (Å²) in [7, 11) is 0. The van der Waals surface area contributed by atoms with Crippen molar-refractivity contribution in [3.8, 4) is 17.0 Å². The molecule has 0 bridgehead atoms. The zero-order chi connectivity index (χ0) is 21.4. The van der Waals surface area contributed by atoms with Gasteiger partial charge >= 0.3 is 0 Å². The molecule has 1 unspecified atom stereocenters. The van der Waals surface area contributed by atoms with Crippen LogP contribution in [0.2, 0.25) is 0 Å². The summed E-state index contributed by atoms with van der Waals surface area (Å²) in [5.41, 5.74) is 4.18. The zero-order valence-corrected chi connectivity index (χ0v) is 17.5. The minimum Gasteiger partial charge on any atom is -0.507 e. The molecule has 30 heavy (non-hydrogen) atoms. The number of nitrogens with one attached hydrogen (secondary N) is 1. The van der Waals surface area contributed by atoms with E-state index < -0.39 is 6.04 Å². The second-order valence-electron chi connectivity index (χ2n) is 7.97. The summed E-state index contributed by atoms with van der Waals surface area (Å²) in [6.07, 6.45) is 2.86. The molecule has 0 spiro atoms. The lowest BCUT2D eigenvalue weighted by molar-refractivity contribution is 0.0739. The second-order valence-corrected chi connectivity index (χ2v) is 7.97. The van der Waals surface area contributed by atoms with Crippen molar-refractivity contribution in [1.82, 2.24) is 15.1 Å². The number of unbranched alkanes of at least 4 members (excludes halogenated alkanes) is 2. The first-order valence-electron chi connectivity index (χ1n) is 10.4. The predicted octanol–water partition coefficient (Wildman–Crippen LogP) is 5.27. The molecule has 1 amide bonds. The van der Waals surface area contributed by atoms with Gasteiger partial charge < -0.3 is 10.0 Å². The number of aromatic hydroxyl groups is 1. The molecule has 0 saturated heterocycles. The number of nitrogens with zero attached hydrogens (tertiary/aromatic N) is 2. The number of carbonyl (C=O) groups excluding carboxylic acids is 1. The van der Waals surface area contributed by atoms with E-state index in [1.165, 1.54) is 6.07 Å². The van der Waals surface area contributed by atoms with E-state index in [1.54, 1.807) is 23.1 Å². The molecule has 1 atom stereocenters. The van der Waals surface area contributed by atoms with Gasteiger partial charge in [0, 0.05) is 23.2 Å².